The maximum Gasteiger partial charge on any atom is 0.408 e. The summed E-state index contributed by atoms with van der Waals surface area (Å²) in [4.78, 5) is 45.6. The highest BCUT2D eigenvalue weighted by Crippen LogP contribution is 2.54. The Labute approximate surface area is 209 Å². The van der Waals surface area contributed by atoms with Gasteiger partial charge in [0.1, 0.15) is 17.2 Å². The number of carbonyl (C=O) groups excluding carboxylic acids is 3. The largest absolute Gasteiger partial charge is 0.444 e. The molecule has 0 radical (unpaired) electrons. The minimum atomic E-state index is -1.23. The number of fused-ring (bicyclic) bond motifs is 3. The number of nitrogens with one attached hydrogen (secondary N) is 1. The lowest BCUT2D eigenvalue weighted by molar-refractivity contribution is -0.143. The van der Waals surface area contributed by atoms with E-state index >= 15 is 0 Å². The van der Waals surface area contributed by atoms with Gasteiger partial charge in [-0.3, -0.25) is 4.79 Å². The molecular formula is C26H41N5O4. The van der Waals surface area contributed by atoms with Crippen molar-refractivity contribution >= 4 is 18.0 Å². The number of piperidine rings is 3. The van der Waals surface area contributed by atoms with Gasteiger partial charge in [-0.25, -0.2) is 9.59 Å². The monoisotopic (exact) mass is 487 g/mol. The molecule has 4 rings (SSSR count). The molecule has 7 atom stereocenters. The number of likely N-dealkylation sites (tertiary alicyclic amines) is 1. The first kappa shape index (κ1) is 25.6. The molecule has 4 aliphatic rings. The lowest BCUT2D eigenvalue weighted by Gasteiger charge is -2.53. The highest BCUT2D eigenvalue weighted by atomic mass is 16.6. The van der Waals surface area contributed by atoms with Crippen LogP contribution < -0.4 is 5.32 Å². The summed E-state index contributed by atoms with van der Waals surface area (Å²) in [5.74, 6) is 0.361. The lowest BCUT2D eigenvalue weighted by atomic mass is 9.69. The number of rotatable bonds is 3. The Balaban J connectivity index is 1.65. The second-order valence-electron chi connectivity index (χ2n) is 12.4. The Hall–Kier alpha value is -2.50. The molecule has 7 unspecified atom stereocenters. The number of alkyl carbamates (subject to hydrolysis) is 1. The zero-order chi connectivity index (χ0) is 25.9. The van der Waals surface area contributed by atoms with Crippen LogP contribution in [0, 0.1) is 29.1 Å². The average Bonchev–Trinajstić information content (AvgIpc) is 3.20. The van der Waals surface area contributed by atoms with Gasteiger partial charge >= 0.3 is 12.1 Å². The highest BCUT2D eigenvalue weighted by Gasteiger charge is 2.63. The van der Waals surface area contributed by atoms with Crippen molar-refractivity contribution in [1.82, 2.24) is 20.0 Å². The van der Waals surface area contributed by atoms with Crippen LogP contribution in [0.5, 0.6) is 0 Å². The molecule has 3 heterocycles. The molecule has 2 bridgehead atoms. The molecule has 4 fully saturated rings. The molecule has 3 saturated heterocycles. The molecule has 9 nitrogen and oxygen atoms in total. The van der Waals surface area contributed by atoms with Crippen LogP contribution in [0.4, 0.5) is 9.59 Å². The third-order valence-electron chi connectivity index (χ3n) is 8.65. The van der Waals surface area contributed by atoms with Gasteiger partial charge < -0.3 is 24.8 Å². The van der Waals surface area contributed by atoms with E-state index in [2.05, 4.69) is 18.3 Å². The molecule has 9 heteroatoms. The van der Waals surface area contributed by atoms with Gasteiger partial charge in [-0.15, -0.1) is 0 Å². The molecule has 0 spiro atoms. The van der Waals surface area contributed by atoms with Gasteiger partial charge in [0.2, 0.25) is 5.91 Å². The number of hydrogen-bond donors (Lipinski definition) is 1. The van der Waals surface area contributed by atoms with Crippen LogP contribution >= 0.6 is 0 Å². The molecule has 194 valence electrons. The summed E-state index contributed by atoms with van der Waals surface area (Å²) >= 11 is 0. The van der Waals surface area contributed by atoms with Crippen LogP contribution in [-0.2, 0) is 9.53 Å². The van der Waals surface area contributed by atoms with Crippen molar-refractivity contribution < 1.29 is 19.1 Å². The lowest BCUT2D eigenvalue weighted by Crippen LogP contribution is -2.67. The van der Waals surface area contributed by atoms with E-state index in [9.17, 15) is 19.6 Å². The normalized spacial score (nSPS) is 35.3. The third-order valence-corrected chi connectivity index (χ3v) is 8.65. The fourth-order valence-corrected chi connectivity index (χ4v) is 6.82. The van der Waals surface area contributed by atoms with Crippen molar-refractivity contribution in [1.29, 1.82) is 5.26 Å². The van der Waals surface area contributed by atoms with E-state index in [0.717, 1.165) is 19.3 Å². The van der Waals surface area contributed by atoms with E-state index in [1.165, 1.54) is 0 Å². The maximum absolute atomic E-state index is 14.3. The minimum absolute atomic E-state index is 0.00464. The van der Waals surface area contributed by atoms with E-state index in [-0.39, 0.29) is 36.0 Å². The molecule has 3 aliphatic heterocycles. The zero-order valence-electron chi connectivity index (χ0n) is 22.2. The van der Waals surface area contributed by atoms with Gasteiger partial charge in [0.05, 0.1) is 6.07 Å². The number of ether oxygens (including phenoxy) is 1. The molecule has 1 aliphatic carbocycles. The Morgan fingerprint density at radius 2 is 1.63 bits per heavy atom. The fourth-order valence-electron chi connectivity index (χ4n) is 6.82. The van der Waals surface area contributed by atoms with E-state index in [1.807, 2.05) is 4.90 Å². The molecule has 4 amide bonds. The Morgan fingerprint density at radius 3 is 2.14 bits per heavy atom. The SMILES string of the molecule is CC1C2CC(C#N)N(C(=O)C(C)(NC(=O)OC(C)(C)C)C3CC4CCCC(C3)N4C(=O)N(C)C)C12. The first-order chi connectivity index (χ1) is 16.3. The molecule has 0 aromatic heterocycles. The standard InChI is InChI=1S/C26H41N5O4/c1-15-20-13-19(14-27)31(21(15)20)22(32)26(5,28-23(33)35-25(2,3)4)16-11-17-9-8-10-18(12-16)30(17)24(34)29(6)7/h15-21H,8-13H2,1-7H3,(H,28,33). The quantitative estimate of drug-likeness (QED) is 0.657. The van der Waals surface area contributed by atoms with Crippen molar-refractivity contribution in [2.24, 2.45) is 17.8 Å². The molecule has 1 saturated carbocycles. The summed E-state index contributed by atoms with van der Waals surface area (Å²) in [7, 11) is 3.54. The van der Waals surface area contributed by atoms with Gasteiger partial charge in [0.25, 0.3) is 0 Å². The molecule has 0 aromatic rings. The predicted molar refractivity (Wildman–Crippen MR) is 130 cm³/mol. The Bertz CT molecular complexity index is 910. The zero-order valence-corrected chi connectivity index (χ0v) is 22.2. The van der Waals surface area contributed by atoms with E-state index in [0.29, 0.717) is 31.1 Å². The summed E-state index contributed by atoms with van der Waals surface area (Å²) in [5, 5.41) is 12.8. The Kier molecular flexibility index (Phi) is 6.48. The van der Waals surface area contributed by atoms with Gasteiger partial charge in [-0.1, -0.05) is 6.92 Å². The van der Waals surface area contributed by atoms with Crippen molar-refractivity contribution in [3.63, 3.8) is 0 Å². The van der Waals surface area contributed by atoms with E-state index < -0.39 is 23.3 Å². The van der Waals surface area contributed by atoms with Crippen LogP contribution in [0.3, 0.4) is 0 Å². The summed E-state index contributed by atoms with van der Waals surface area (Å²) in [6, 6.07) is 1.96. The predicted octanol–water partition coefficient (Wildman–Crippen LogP) is 3.34. The number of nitriles is 1. The molecule has 1 N–H and O–H groups in total. The smallest absolute Gasteiger partial charge is 0.408 e. The summed E-state index contributed by atoms with van der Waals surface area (Å²) in [5.41, 5.74) is -1.93. The van der Waals surface area contributed by atoms with Crippen LogP contribution in [0.2, 0.25) is 0 Å². The second kappa shape index (κ2) is 8.86. The van der Waals surface area contributed by atoms with Crippen molar-refractivity contribution in [3.05, 3.63) is 0 Å². The summed E-state index contributed by atoms with van der Waals surface area (Å²) < 4.78 is 5.58. The fraction of sp³-hybridized carbons (Fsp3) is 0.846. The van der Waals surface area contributed by atoms with Crippen LogP contribution in [-0.4, -0.2) is 82.1 Å². The molecular weight excluding hydrogens is 446 g/mol. The summed E-state index contributed by atoms with van der Waals surface area (Å²) in [6.45, 7) is 9.31. The number of amides is 4. The van der Waals surface area contributed by atoms with Crippen LogP contribution in [0.25, 0.3) is 0 Å². The number of nitrogens with zero attached hydrogens (tertiary/aromatic N) is 4. The average molecular weight is 488 g/mol. The topological polar surface area (TPSA) is 106 Å². The number of carbonyl (C=O) groups is 3. The van der Waals surface area contributed by atoms with Gasteiger partial charge in [0, 0.05) is 32.2 Å². The minimum Gasteiger partial charge on any atom is -0.444 e. The second-order valence-corrected chi connectivity index (χ2v) is 12.4. The Morgan fingerprint density at radius 1 is 1.03 bits per heavy atom. The van der Waals surface area contributed by atoms with E-state index in [1.54, 1.807) is 51.6 Å². The van der Waals surface area contributed by atoms with E-state index in [4.69, 9.17) is 4.74 Å². The highest BCUT2D eigenvalue weighted by molar-refractivity contribution is 5.91. The first-order valence-electron chi connectivity index (χ1n) is 13.0. The van der Waals surface area contributed by atoms with Crippen LogP contribution in [0.1, 0.15) is 73.1 Å². The maximum atomic E-state index is 14.3. The third kappa shape index (κ3) is 4.56. The van der Waals surface area contributed by atoms with Gasteiger partial charge in [-0.05, 0) is 84.0 Å². The van der Waals surface area contributed by atoms with Crippen molar-refractivity contribution in [3.8, 4) is 6.07 Å². The first-order valence-corrected chi connectivity index (χ1v) is 13.0. The van der Waals surface area contributed by atoms with Crippen LogP contribution in [0.15, 0.2) is 0 Å². The van der Waals surface area contributed by atoms with Gasteiger partial charge in [0.15, 0.2) is 0 Å². The number of urea groups is 1. The molecule has 0 aromatic carbocycles. The molecule has 35 heavy (non-hydrogen) atoms. The van der Waals surface area contributed by atoms with Crippen molar-refractivity contribution in [2.45, 2.75) is 108 Å². The number of hydrogen-bond acceptors (Lipinski definition) is 5. The summed E-state index contributed by atoms with van der Waals surface area (Å²) in [6.07, 6.45) is 4.14. The van der Waals surface area contributed by atoms with Gasteiger partial charge in [-0.2, -0.15) is 5.26 Å². The van der Waals surface area contributed by atoms with Crippen molar-refractivity contribution in [2.75, 3.05) is 14.1 Å².